The number of aliphatic carboxylic acids is 2. The topological polar surface area (TPSA) is 204 Å². The summed E-state index contributed by atoms with van der Waals surface area (Å²) < 4.78 is 0. The summed E-state index contributed by atoms with van der Waals surface area (Å²) in [6.07, 6.45) is 1.41. The highest BCUT2D eigenvalue weighted by Gasteiger charge is 2.33. The molecular formula is C26H37N5O7. The van der Waals surface area contributed by atoms with E-state index in [1.807, 2.05) is 38.1 Å². The van der Waals surface area contributed by atoms with Crippen LogP contribution >= 0.6 is 0 Å². The summed E-state index contributed by atoms with van der Waals surface area (Å²) in [6, 6.07) is 2.66. The minimum Gasteiger partial charge on any atom is -0.481 e. The third-order valence-corrected chi connectivity index (χ3v) is 6.03. The molecule has 1 heterocycles. The molecule has 0 aliphatic heterocycles. The van der Waals surface area contributed by atoms with Crippen molar-refractivity contribution >= 4 is 40.6 Å². The van der Waals surface area contributed by atoms with Gasteiger partial charge in [0.05, 0.1) is 12.5 Å². The van der Waals surface area contributed by atoms with Crippen molar-refractivity contribution in [3.63, 3.8) is 0 Å². The minimum absolute atomic E-state index is 0.0964. The molecule has 0 bridgehead atoms. The second kappa shape index (κ2) is 13.6. The quantitative estimate of drug-likeness (QED) is 0.185. The molecule has 38 heavy (non-hydrogen) atoms. The Balaban J connectivity index is 2.28. The van der Waals surface area contributed by atoms with Crippen LogP contribution in [0.4, 0.5) is 0 Å². The fourth-order valence-electron chi connectivity index (χ4n) is 4.05. The molecule has 0 saturated heterocycles. The van der Waals surface area contributed by atoms with E-state index in [1.165, 1.54) is 0 Å². The maximum atomic E-state index is 13.4. The van der Waals surface area contributed by atoms with Gasteiger partial charge in [-0.05, 0) is 29.9 Å². The molecule has 12 heteroatoms. The summed E-state index contributed by atoms with van der Waals surface area (Å²) >= 11 is 0. The third kappa shape index (κ3) is 8.58. The molecule has 2 aromatic rings. The molecule has 0 fully saturated rings. The Morgan fingerprint density at radius 1 is 0.895 bits per heavy atom. The average Bonchev–Trinajstić information content (AvgIpc) is 3.23. The number of nitrogens with one attached hydrogen (secondary N) is 4. The minimum atomic E-state index is -1.67. The van der Waals surface area contributed by atoms with Crippen LogP contribution in [0.3, 0.4) is 0 Å². The maximum absolute atomic E-state index is 13.4. The van der Waals surface area contributed by atoms with Gasteiger partial charge in [-0.1, -0.05) is 45.9 Å². The first-order chi connectivity index (χ1) is 17.8. The van der Waals surface area contributed by atoms with E-state index >= 15 is 0 Å². The van der Waals surface area contributed by atoms with E-state index in [0.717, 1.165) is 16.5 Å². The monoisotopic (exact) mass is 531 g/mol. The lowest BCUT2D eigenvalue weighted by Crippen LogP contribution is -2.59. The molecule has 0 aliphatic carbocycles. The number of carbonyl (C=O) groups is 5. The molecule has 0 aliphatic rings. The molecule has 1 aromatic carbocycles. The van der Waals surface area contributed by atoms with Crippen LogP contribution < -0.4 is 21.7 Å². The van der Waals surface area contributed by atoms with Crippen LogP contribution in [-0.4, -0.2) is 69.0 Å². The molecule has 0 spiro atoms. The highest BCUT2D eigenvalue weighted by atomic mass is 16.4. The van der Waals surface area contributed by atoms with Gasteiger partial charge in [-0.25, -0.2) is 4.79 Å². The summed E-state index contributed by atoms with van der Waals surface area (Å²) in [4.78, 5) is 64.7. The van der Waals surface area contributed by atoms with Gasteiger partial charge in [0.2, 0.25) is 17.7 Å². The zero-order valence-corrected chi connectivity index (χ0v) is 22.0. The maximum Gasteiger partial charge on any atom is 0.326 e. The molecule has 1 aromatic heterocycles. The number of hydrogen-bond donors (Lipinski definition) is 7. The van der Waals surface area contributed by atoms with Crippen LogP contribution in [0.5, 0.6) is 0 Å². The number of benzene rings is 1. The van der Waals surface area contributed by atoms with Crippen LogP contribution in [0.2, 0.25) is 0 Å². The molecule has 2 rings (SSSR count). The first-order valence-electron chi connectivity index (χ1n) is 12.5. The Bertz CT molecular complexity index is 1160. The van der Waals surface area contributed by atoms with Gasteiger partial charge in [0.25, 0.3) is 0 Å². The van der Waals surface area contributed by atoms with E-state index in [-0.39, 0.29) is 12.3 Å². The predicted octanol–water partition coefficient (Wildman–Crippen LogP) is 0.754. The molecule has 4 unspecified atom stereocenters. The van der Waals surface area contributed by atoms with Crippen molar-refractivity contribution in [2.24, 2.45) is 17.6 Å². The number of aromatic nitrogens is 1. The van der Waals surface area contributed by atoms with Crippen molar-refractivity contribution in [3.8, 4) is 0 Å². The first kappa shape index (κ1) is 30.3. The molecule has 0 saturated carbocycles. The summed E-state index contributed by atoms with van der Waals surface area (Å²) in [5.74, 6) is -5.28. The predicted molar refractivity (Wildman–Crippen MR) is 140 cm³/mol. The number of nitrogens with two attached hydrogens (primary N) is 1. The van der Waals surface area contributed by atoms with Crippen molar-refractivity contribution in [2.75, 3.05) is 0 Å². The van der Waals surface area contributed by atoms with Crippen molar-refractivity contribution in [1.82, 2.24) is 20.9 Å². The Labute approximate surface area is 220 Å². The number of rotatable bonds is 14. The van der Waals surface area contributed by atoms with Crippen molar-refractivity contribution in [1.29, 1.82) is 0 Å². The van der Waals surface area contributed by atoms with Gasteiger partial charge in [0.15, 0.2) is 0 Å². The fourth-order valence-corrected chi connectivity index (χ4v) is 4.05. The van der Waals surface area contributed by atoms with Crippen molar-refractivity contribution < 1.29 is 34.2 Å². The summed E-state index contributed by atoms with van der Waals surface area (Å²) in [5, 5.41) is 26.6. The van der Waals surface area contributed by atoms with Crippen LogP contribution in [-0.2, 0) is 30.4 Å². The SMILES string of the molecule is CC(C)CC(N)C(=O)NC(Cc1c[nH]c2ccccc12)C(=O)NC(C(=O)NC(CC(=O)O)C(=O)O)C(C)C. The fraction of sp³-hybridized carbons (Fsp3) is 0.500. The molecule has 3 amide bonds. The van der Waals surface area contributed by atoms with Crippen LogP contribution in [0, 0.1) is 11.8 Å². The lowest BCUT2D eigenvalue weighted by atomic mass is 9.99. The number of carbonyl (C=O) groups excluding carboxylic acids is 3. The highest BCUT2D eigenvalue weighted by Crippen LogP contribution is 2.19. The van der Waals surface area contributed by atoms with Gasteiger partial charge in [-0.15, -0.1) is 0 Å². The summed E-state index contributed by atoms with van der Waals surface area (Å²) in [7, 11) is 0. The van der Waals surface area contributed by atoms with Crippen molar-refractivity contribution in [2.45, 2.75) is 71.1 Å². The second-order valence-corrected chi connectivity index (χ2v) is 10.1. The lowest BCUT2D eigenvalue weighted by molar-refractivity contribution is -0.147. The number of amides is 3. The number of hydrogen-bond acceptors (Lipinski definition) is 6. The largest absolute Gasteiger partial charge is 0.481 e. The number of aromatic amines is 1. The Hall–Kier alpha value is -3.93. The average molecular weight is 532 g/mol. The van der Waals surface area contributed by atoms with E-state index in [1.54, 1.807) is 20.0 Å². The van der Waals surface area contributed by atoms with E-state index in [2.05, 4.69) is 20.9 Å². The van der Waals surface area contributed by atoms with Gasteiger partial charge in [-0.2, -0.15) is 0 Å². The van der Waals surface area contributed by atoms with E-state index < -0.39 is 66.2 Å². The van der Waals surface area contributed by atoms with Crippen LogP contribution in [0.15, 0.2) is 30.5 Å². The molecule has 12 nitrogen and oxygen atoms in total. The zero-order valence-electron chi connectivity index (χ0n) is 22.0. The molecule has 208 valence electrons. The Morgan fingerprint density at radius 3 is 2.11 bits per heavy atom. The Kier molecular flexibility index (Phi) is 10.8. The first-order valence-corrected chi connectivity index (χ1v) is 12.5. The number of carboxylic acids is 2. The van der Waals surface area contributed by atoms with E-state index in [9.17, 15) is 29.1 Å². The van der Waals surface area contributed by atoms with Gasteiger partial charge in [0.1, 0.15) is 18.1 Å². The van der Waals surface area contributed by atoms with Crippen LogP contribution in [0.25, 0.3) is 10.9 Å². The molecular weight excluding hydrogens is 494 g/mol. The van der Waals surface area contributed by atoms with Gasteiger partial charge >= 0.3 is 11.9 Å². The van der Waals surface area contributed by atoms with Gasteiger partial charge in [0, 0.05) is 23.5 Å². The van der Waals surface area contributed by atoms with Gasteiger partial charge < -0.3 is 36.9 Å². The summed E-state index contributed by atoms with van der Waals surface area (Å²) in [5.41, 5.74) is 7.64. The molecule has 4 atom stereocenters. The highest BCUT2D eigenvalue weighted by molar-refractivity contribution is 5.95. The van der Waals surface area contributed by atoms with Gasteiger partial charge in [-0.3, -0.25) is 19.2 Å². The standard InChI is InChI=1S/C26H37N5O7/c1-13(2)9-17(27)23(34)29-19(10-15-12-28-18-8-6-5-7-16(15)18)24(35)31-22(14(3)4)25(36)30-20(26(37)38)11-21(32)33/h5-8,12-14,17,19-20,22,28H,9-11,27H2,1-4H3,(H,29,34)(H,30,36)(H,31,35)(H,32,33)(H,37,38). The third-order valence-electron chi connectivity index (χ3n) is 6.03. The summed E-state index contributed by atoms with van der Waals surface area (Å²) in [6.45, 7) is 7.13. The lowest BCUT2D eigenvalue weighted by Gasteiger charge is -2.27. The number of fused-ring (bicyclic) bond motifs is 1. The number of carboxylic acid groups (broad SMARTS) is 2. The number of para-hydroxylation sites is 1. The molecule has 0 radical (unpaired) electrons. The zero-order chi connectivity index (χ0) is 28.6. The normalized spacial score (nSPS) is 14.5. The van der Waals surface area contributed by atoms with Crippen molar-refractivity contribution in [3.05, 3.63) is 36.0 Å². The van der Waals surface area contributed by atoms with E-state index in [4.69, 9.17) is 10.8 Å². The molecule has 8 N–H and O–H groups in total. The Morgan fingerprint density at radius 2 is 1.53 bits per heavy atom. The second-order valence-electron chi connectivity index (χ2n) is 10.1. The van der Waals surface area contributed by atoms with E-state index in [0.29, 0.717) is 6.42 Å². The van der Waals surface area contributed by atoms with Crippen LogP contribution in [0.1, 0.15) is 46.1 Å². The number of H-pyrrole nitrogens is 1. The smallest absolute Gasteiger partial charge is 0.326 e.